The normalized spacial score (nSPS) is 11.7. The fourth-order valence-electron chi connectivity index (χ4n) is 1.82. The third kappa shape index (κ3) is 5.12. The van der Waals surface area contributed by atoms with E-state index in [-0.39, 0.29) is 11.9 Å². The highest BCUT2D eigenvalue weighted by molar-refractivity contribution is 6.30. The van der Waals surface area contributed by atoms with Crippen LogP contribution in [0.3, 0.4) is 0 Å². The quantitative estimate of drug-likeness (QED) is 0.815. The lowest BCUT2D eigenvalue weighted by atomic mass is 10.2. The molecule has 2 aromatic rings. The maximum atomic E-state index is 11.9. The predicted octanol–water partition coefficient (Wildman–Crippen LogP) is 4.13. The van der Waals surface area contributed by atoms with Gasteiger partial charge in [0, 0.05) is 17.3 Å². The Balaban J connectivity index is 1.77. The first kappa shape index (κ1) is 15.4. The minimum Gasteiger partial charge on any atom is -0.461 e. The van der Waals surface area contributed by atoms with E-state index in [1.54, 1.807) is 0 Å². The Kier molecular flexibility index (Phi) is 5.64. The fraction of sp³-hybridized carbons (Fsp3) is 0.235. The number of nitrogens with one attached hydrogen (secondary N) is 1. The van der Waals surface area contributed by atoms with Gasteiger partial charge in [-0.1, -0.05) is 54.9 Å². The second-order valence-corrected chi connectivity index (χ2v) is 5.32. The largest absolute Gasteiger partial charge is 0.461 e. The fourth-order valence-corrected chi connectivity index (χ4v) is 2.01. The molecule has 2 rings (SSSR count). The number of benzene rings is 2. The van der Waals surface area contributed by atoms with Crippen LogP contribution in [0.15, 0.2) is 54.6 Å². The Hall–Kier alpha value is -2.00. The second-order valence-electron chi connectivity index (χ2n) is 4.89. The highest BCUT2D eigenvalue weighted by Crippen LogP contribution is 2.15. The van der Waals surface area contributed by atoms with E-state index in [0.717, 1.165) is 11.3 Å². The van der Waals surface area contributed by atoms with Crippen molar-refractivity contribution in [3.05, 3.63) is 65.2 Å². The van der Waals surface area contributed by atoms with Gasteiger partial charge >= 0.3 is 5.97 Å². The molecule has 3 nitrogen and oxygen atoms in total. The second kappa shape index (κ2) is 7.70. The molecule has 1 N–H and O–H groups in total. The number of esters is 1. The monoisotopic (exact) mass is 303 g/mol. The third-order valence-corrected chi connectivity index (χ3v) is 3.30. The molecule has 0 bridgehead atoms. The number of halogens is 1. The van der Waals surface area contributed by atoms with Crippen LogP contribution < -0.4 is 5.32 Å². The number of rotatable bonds is 6. The summed E-state index contributed by atoms with van der Waals surface area (Å²) >= 11 is 5.91. The smallest absolute Gasteiger partial charge is 0.310 e. The Morgan fingerprint density at radius 3 is 2.67 bits per heavy atom. The molecule has 1 atom stereocenters. The predicted molar refractivity (Wildman–Crippen MR) is 85.3 cm³/mol. The van der Waals surface area contributed by atoms with Crippen LogP contribution in [-0.4, -0.2) is 12.5 Å². The summed E-state index contributed by atoms with van der Waals surface area (Å²) in [6.07, 6.45) is 0. The van der Waals surface area contributed by atoms with E-state index in [9.17, 15) is 4.79 Å². The van der Waals surface area contributed by atoms with Gasteiger partial charge in [0.2, 0.25) is 0 Å². The summed E-state index contributed by atoms with van der Waals surface area (Å²) < 4.78 is 5.30. The topological polar surface area (TPSA) is 38.3 Å². The van der Waals surface area contributed by atoms with E-state index >= 15 is 0 Å². The first-order valence-corrected chi connectivity index (χ1v) is 7.23. The minimum absolute atomic E-state index is 0.214. The van der Waals surface area contributed by atoms with E-state index < -0.39 is 0 Å². The molecule has 0 heterocycles. The van der Waals surface area contributed by atoms with Gasteiger partial charge in [0.1, 0.15) is 6.61 Å². The number of carbonyl (C=O) groups is 1. The standard InChI is InChI=1S/C17H18ClNO2/c1-13(11-19-16-9-5-8-15(18)10-16)17(20)21-12-14-6-3-2-4-7-14/h2-10,13,19H,11-12H2,1H3. The van der Waals surface area contributed by atoms with Crippen molar-refractivity contribution in [2.45, 2.75) is 13.5 Å². The van der Waals surface area contributed by atoms with Gasteiger partial charge in [-0.25, -0.2) is 0 Å². The lowest BCUT2D eigenvalue weighted by Crippen LogP contribution is -2.22. The van der Waals surface area contributed by atoms with Crippen LogP contribution in [0.5, 0.6) is 0 Å². The van der Waals surface area contributed by atoms with Gasteiger partial charge < -0.3 is 10.1 Å². The lowest BCUT2D eigenvalue weighted by Gasteiger charge is -2.13. The first-order valence-electron chi connectivity index (χ1n) is 6.85. The molecule has 0 aromatic heterocycles. The van der Waals surface area contributed by atoms with Gasteiger partial charge in [-0.2, -0.15) is 0 Å². The number of carbonyl (C=O) groups excluding carboxylic acids is 1. The summed E-state index contributed by atoms with van der Waals surface area (Å²) in [6, 6.07) is 17.1. The van der Waals surface area contributed by atoms with Gasteiger partial charge in [-0.3, -0.25) is 4.79 Å². The van der Waals surface area contributed by atoms with Crippen molar-refractivity contribution in [1.29, 1.82) is 0 Å². The molecule has 0 aliphatic heterocycles. The van der Waals surface area contributed by atoms with Crippen LogP contribution in [0.4, 0.5) is 5.69 Å². The van der Waals surface area contributed by atoms with Crippen molar-refractivity contribution in [2.75, 3.05) is 11.9 Å². The summed E-state index contributed by atoms with van der Waals surface area (Å²) in [5.41, 5.74) is 1.88. The Bertz CT molecular complexity index is 586. The molecule has 0 aliphatic rings. The molecule has 0 saturated heterocycles. The Labute approximate surface area is 129 Å². The molecule has 2 aromatic carbocycles. The average Bonchev–Trinajstić information content (AvgIpc) is 2.51. The van der Waals surface area contributed by atoms with Crippen LogP contribution in [-0.2, 0) is 16.1 Å². The molecule has 0 radical (unpaired) electrons. The van der Waals surface area contributed by atoms with Crippen LogP contribution in [0.1, 0.15) is 12.5 Å². The Morgan fingerprint density at radius 2 is 1.95 bits per heavy atom. The van der Waals surface area contributed by atoms with Crippen molar-refractivity contribution in [3.63, 3.8) is 0 Å². The number of ether oxygens (including phenoxy) is 1. The van der Waals surface area contributed by atoms with Crippen LogP contribution in [0, 0.1) is 5.92 Å². The zero-order valence-electron chi connectivity index (χ0n) is 11.9. The number of hydrogen-bond donors (Lipinski definition) is 1. The van der Waals surface area contributed by atoms with Crippen LogP contribution >= 0.6 is 11.6 Å². The van der Waals surface area contributed by atoms with Crippen LogP contribution in [0.2, 0.25) is 5.02 Å². The van der Waals surface area contributed by atoms with Crippen molar-refractivity contribution < 1.29 is 9.53 Å². The summed E-state index contributed by atoms with van der Waals surface area (Å²) in [6.45, 7) is 2.65. The van der Waals surface area contributed by atoms with Crippen molar-refractivity contribution in [2.24, 2.45) is 5.92 Å². The summed E-state index contributed by atoms with van der Waals surface area (Å²) in [7, 11) is 0. The van der Waals surface area contributed by atoms with Gasteiger partial charge in [-0.15, -0.1) is 0 Å². The summed E-state index contributed by atoms with van der Waals surface area (Å²) in [5.74, 6) is -0.443. The molecule has 0 saturated carbocycles. The Morgan fingerprint density at radius 1 is 1.19 bits per heavy atom. The van der Waals surface area contributed by atoms with E-state index in [4.69, 9.17) is 16.3 Å². The lowest BCUT2D eigenvalue weighted by molar-refractivity contribution is -0.148. The highest BCUT2D eigenvalue weighted by atomic mass is 35.5. The average molecular weight is 304 g/mol. The maximum absolute atomic E-state index is 11.9. The molecular formula is C17H18ClNO2. The molecule has 4 heteroatoms. The molecule has 1 unspecified atom stereocenters. The molecule has 0 amide bonds. The SMILES string of the molecule is CC(CNc1cccc(Cl)c1)C(=O)OCc1ccccc1. The van der Waals surface area contributed by atoms with Crippen molar-refractivity contribution in [1.82, 2.24) is 0 Å². The zero-order valence-corrected chi connectivity index (χ0v) is 12.6. The van der Waals surface area contributed by atoms with E-state index in [0.29, 0.717) is 18.2 Å². The van der Waals surface area contributed by atoms with Gasteiger partial charge in [-0.05, 0) is 23.8 Å². The summed E-state index contributed by atoms with van der Waals surface area (Å²) in [5, 5.41) is 3.85. The van der Waals surface area contributed by atoms with Crippen molar-refractivity contribution >= 4 is 23.3 Å². The van der Waals surface area contributed by atoms with Gasteiger partial charge in [0.25, 0.3) is 0 Å². The molecular weight excluding hydrogens is 286 g/mol. The zero-order chi connectivity index (χ0) is 15.1. The molecule has 21 heavy (non-hydrogen) atoms. The van der Waals surface area contributed by atoms with E-state index in [2.05, 4.69) is 5.32 Å². The molecule has 0 fully saturated rings. The van der Waals surface area contributed by atoms with Crippen molar-refractivity contribution in [3.8, 4) is 0 Å². The first-order chi connectivity index (χ1) is 10.1. The highest BCUT2D eigenvalue weighted by Gasteiger charge is 2.14. The summed E-state index contributed by atoms with van der Waals surface area (Å²) in [4.78, 5) is 11.9. The molecule has 110 valence electrons. The van der Waals surface area contributed by atoms with Crippen LogP contribution in [0.25, 0.3) is 0 Å². The minimum atomic E-state index is -0.229. The number of hydrogen-bond acceptors (Lipinski definition) is 3. The maximum Gasteiger partial charge on any atom is 0.310 e. The van der Waals surface area contributed by atoms with Gasteiger partial charge in [0.05, 0.1) is 5.92 Å². The third-order valence-electron chi connectivity index (χ3n) is 3.06. The molecule has 0 spiro atoms. The number of anilines is 1. The molecule has 0 aliphatic carbocycles. The van der Waals surface area contributed by atoms with E-state index in [1.807, 2.05) is 61.5 Å². The van der Waals surface area contributed by atoms with E-state index in [1.165, 1.54) is 0 Å². The van der Waals surface area contributed by atoms with Gasteiger partial charge in [0.15, 0.2) is 0 Å².